The molecule has 0 aromatic heterocycles. The van der Waals surface area contributed by atoms with Crippen LogP contribution in [0.3, 0.4) is 0 Å². The smallest absolute Gasteiger partial charge is 0.212 e. The second-order valence-corrected chi connectivity index (χ2v) is 7.70. The van der Waals surface area contributed by atoms with E-state index in [0.717, 1.165) is 36.0 Å². The first-order valence-corrected chi connectivity index (χ1v) is 9.33. The van der Waals surface area contributed by atoms with E-state index >= 15 is 0 Å². The van der Waals surface area contributed by atoms with Crippen LogP contribution in [0, 0.1) is 6.92 Å². The molecule has 1 aliphatic rings. The molecule has 0 aliphatic heterocycles. The van der Waals surface area contributed by atoms with Gasteiger partial charge in [0.2, 0.25) is 10.0 Å². The third-order valence-electron chi connectivity index (χ3n) is 4.30. The molecule has 0 amide bonds. The largest absolute Gasteiger partial charge is 0.216 e. The second-order valence-electron chi connectivity index (χ2n) is 5.95. The molecule has 0 bridgehead atoms. The Bertz CT molecular complexity index is 768. The topological polar surface area (TPSA) is 46.2 Å². The van der Waals surface area contributed by atoms with Gasteiger partial charge in [0, 0.05) is 6.04 Å². The van der Waals surface area contributed by atoms with Gasteiger partial charge in [-0.15, -0.1) is 0 Å². The van der Waals surface area contributed by atoms with E-state index in [4.69, 9.17) is 0 Å². The van der Waals surface area contributed by atoms with Crippen molar-refractivity contribution in [2.75, 3.05) is 0 Å². The molecule has 22 heavy (non-hydrogen) atoms. The summed E-state index contributed by atoms with van der Waals surface area (Å²) in [6, 6.07) is 15.7. The quantitative estimate of drug-likeness (QED) is 0.938. The molecule has 0 fully saturated rings. The van der Waals surface area contributed by atoms with Gasteiger partial charge in [0.25, 0.3) is 0 Å². The number of fused-ring (bicyclic) bond motifs is 1. The molecule has 0 radical (unpaired) electrons. The second kappa shape index (κ2) is 6.23. The van der Waals surface area contributed by atoms with Crippen LogP contribution in [0.2, 0.25) is 0 Å². The van der Waals surface area contributed by atoms with Gasteiger partial charge in [0.1, 0.15) is 0 Å². The zero-order chi connectivity index (χ0) is 15.6. The standard InChI is InChI=1S/C18H21NO2S/c1-14-7-2-3-9-16(14)13-22(20,21)19-18-12-6-10-15-8-4-5-11-17(15)18/h2-5,7-9,11,18-19H,6,10,12-13H2,1H3. The Morgan fingerprint density at radius 3 is 2.64 bits per heavy atom. The van der Waals surface area contributed by atoms with E-state index in [1.165, 1.54) is 5.56 Å². The Balaban J connectivity index is 1.80. The van der Waals surface area contributed by atoms with Crippen LogP contribution < -0.4 is 4.72 Å². The molecule has 3 rings (SSSR count). The monoisotopic (exact) mass is 315 g/mol. The molecule has 0 spiro atoms. The summed E-state index contributed by atoms with van der Waals surface area (Å²) in [5.41, 5.74) is 4.26. The van der Waals surface area contributed by atoms with Crippen molar-refractivity contribution in [2.24, 2.45) is 0 Å². The lowest BCUT2D eigenvalue weighted by Crippen LogP contribution is -2.32. The van der Waals surface area contributed by atoms with Gasteiger partial charge in [0.05, 0.1) is 5.75 Å². The molecule has 116 valence electrons. The van der Waals surface area contributed by atoms with Crippen LogP contribution in [-0.4, -0.2) is 8.42 Å². The highest BCUT2D eigenvalue weighted by molar-refractivity contribution is 7.88. The molecule has 1 atom stereocenters. The lowest BCUT2D eigenvalue weighted by Gasteiger charge is -2.26. The van der Waals surface area contributed by atoms with Crippen molar-refractivity contribution in [3.63, 3.8) is 0 Å². The van der Waals surface area contributed by atoms with Gasteiger partial charge in [-0.1, -0.05) is 48.5 Å². The van der Waals surface area contributed by atoms with E-state index in [0.29, 0.717) is 0 Å². The summed E-state index contributed by atoms with van der Waals surface area (Å²) in [5.74, 6) is 0.0400. The van der Waals surface area contributed by atoms with Gasteiger partial charge in [-0.2, -0.15) is 0 Å². The SMILES string of the molecule is Cc1ccccc1CS(=O)(=O)NC1CCCc2ccccc21. The maximum absolute atomic E-state index is 12.5. The highest BCUT2D eigenvalue weighted by Gasteiger charge is 2.24. The molecule has 2 aromatic rings. The van der Waals surface area contributed by atoms with Crippen LogP contribution in [0.4, 0.5) is 0 Å². The molecule has 0 saturated heterocycles. The molecular weight excluding hydrogens is 294 g/mol. The van der Waals surface area contributed by atoms with Crippen LogP contribution in [0.25, 0.3) is 0 Å². The van der Waals surface area contributed by atoms with Gasteiger partial charge >= 0.3 is 0 Å². The van der Waals surface area contributed by atoms with Crippen molar-refractivity contribution in [1.29, 1.82) is 0 Å². The number of nitrogens with one attached hydrogen (secondary N) is 1. The van der Waals surface area contributed by atoms with Gasteiger partial charge in [-0.3, -0.25) is 0 Å². The number of hydrogen-bond acceptors (Lipinski definition) is 2. The minimum absolute atomic E-state index is 0.0400. The fourth-order valence-corrected chi connectivity index (χ4v) is 4.61. The molecule has 1 N–H and O–H groups in total. The average Bonchev–Trinajstić information content (AvgIpc) is 2.49. The van der Waals surface area contributed by atoms with Crippen LogP contribution in [0.5, 0.6) is 0 Å². The predicted octanol–water partition coefficient (Wildman–Crippen LogP) is 3.49. The molecule has 1 aliphatic carbocycles. The Labute approximate surface area is 132 Å². The molecule has 3 nitrogen and oxygen atoms in total. The third kappa shape index (κ3) is 3.39. The van der Waals surface area contributed by atoms with E-state index in [2.05, 4.69) is 10.8 Å². The van der Waals surface area contributed by atoms with Gasteiger partial charge in [-0.25, -0.2) is 13.1 Å². The molecule has 1 unspecified atom stereocenters. The van der Waals surface area contributed by atoms with E-state index in [-0.39, 0.29) is 11.8 Å². The van der Waals surface area contributed by atoms with Crippen LogP contribution in [0.1, 0.15) is 41.1 Å². The first-order chi connectivity index (χ1) is 10.6. The summed E-state index contributed by atoms with van der Waals surface area (Å²) in [7, 11) is -3.35. The normalized spacial score (nSPS) is 18.0. The number of sulfonamides is 1. The van der Waals surface area contributed by atoms with Crippen LogP contribution >= 0.6 is 0 Å². The Hall–Kier alpha value is -1.65. The summed E-state index contributed by atoms with van der Waals surface area (Å²) in [6.45, 7) is 1.95. The number of aryl methyl sites for hydroxylation is 2. The first kappa shape index (κ1) is 15.3. The zero-order valence-electron chi connectivity index (χ0n) is 12.7. The van der Waals surface area contributed by atoms with Crippen molar-refractivity contribution in [3.8, 4) is 0 Å². The predicted molar refractivity (Wildman–Crippen MR) is 89.1 cm³/mol. The van der Waals surface area contributed by atoms with Crippen molar-refractivity contribution in [2.45, 2.75) is 38.0 Å². The van der Waals surface area contributed by atoms with Gasteiger partial charge in [0.15, 0.2) is 0 Å². The van der Waals surface area contributed by atoms with Crippen molar-refractivity contribution in [3.05, 3.63) is 70.8 Å². The molecule has 0 heterocycles. The van der Waals surface area contributed by atoms with Gasteiger partial charge < -0.3 is 0 Å². The van der Waals surface area contributed by atoms with E-state index in [1.54, 1.807) is 0 Å². The Kier molecular flexibility index (Phi) is 4.32. The van der Waals surface area contributed by atoms with Crippen LogP contribution in [0.15, 0.2) is 48.5 Å². The summed E-state index contributed by atoms with van der Waals surface area (Å²) >= 11 is 0. The van der Waals surface area contributed by atoms with Crippen molar-refractivity contribution < 1.29 is 8.42 Å². The fraction of sp³-hybridized carbons (Fsp3) is 0.333. The summed E-state index contributed by atoms with van der Waals surface area (Å²) in [5, 5.41) is 0. The third-order valence-corrected chi connectivity index (χ3v) is 5.63. The summed E-state index contributed by atoms with van der Waals surface area (Å²) < 4.78 is 27.9. The number of rotatable bonds is 4. The molecule has 4 heteroatoms. The maximum atomic E-state index is 12.5. The Morgan fingerprint density at radius 2 is 1.82 bits per heavy atom. The van der Waals surface area contributed by atoms with E-state index in [1.807, 2.05) is 49.4 Å². The fourth-order valence-electron chi connectivity index (χ4n) is 3.11. The summed E-state index contributed by atoms with van der Waals surface area (Å²) in [4.78, 5) is 0. The molecule has 2 aromatic carbocycles. The molecular formula is C18H21NO2S. The lowest BCUT2D eigenvalue weighted by molar-refractivity contribution is 0.507. The van der Waals surface area contributed by atoms with E-state index in [9.17, 15) is 8.42 Å². The number of hydrogen-bond donors (Lipinski definition) is 1. The lowest BCUT2D eigenvalue weighted by atomic mass is 9.88. The first-order valence-electron chi connectivity index (χ1n) is 7.67. The minimum Gasteiger partial charge on any atom is -0.212 e. The van der Waals surface area contributed by atoms with Gasteiger partial charge in [-0.05, 0) is 48.4 Å². The summed E-state index contributed by atoms with van der Waals surface area (Å²) in [6.07, 6.45) is 2.92. The highest BCUT2D eigenvalue weighted by atomic mass is 32.2. The molecule has 0 saturated carbocycles. The van der Waals surface area contributed by atoms with Crippen molar-refractivity contribution >= 4 is 10.0 Å². The zero-order valence-corrected chi connectivity index (χ0v) is 13.6. The minimum atomic E-state index is -3.35. The average molecular weight is 315 g/mol. The Morgan fingerprint density at radius 1 is 1.09 bits per heavy atom. The maximum Gasteiger partial charge on any atom is 0.216 e. The van der Waals surface area contributed by atoms with Crippen molar-refractivity contribution in [1.82, 2.24) is 4.72 Å². The highest BCUT2D eigenvalue weighted by Crippen LogP contribution is 2.30. The van der Waals surface area contributed by atoms with Crippen LogP contribution in [-0.2, 0) is 22.2 Å². The number of benzene rings is 2. The van der Waals surface area contributed by atoms with E-state index < -0.39 is 10.0 Å².